The van der Waals surface area contributed by atoms with E-state index in [-0.39, 0.29) is 0 Å². The molecule has 2 fully saturated rings. The Hall–Kier alpha value is 0.270. The van der Waals surface area contributed by atoms with Crippen molar-refractivity contribution < 1.29 is 0 Å². The molecule has 0 amide bonds. The third-order valence-corrected chi connectivity index (χ3v) is 6.22. The van der Waals surface area contributed by atoms with Crippen molar-refractivity contribution >= 4 is 11.8 Å². The average Bonchev–Trinajstić information content (AvgIpc) is 2.66. The van der Waals surface area contributed by atoms with Gasteiger partial charge in [-0.15, -0.1) is 0 Å². The minimum Gasteiger partial charge on any atom is -0.317 e. The predicted molar refractivity (Wildman–Crippen MR) is 87.0 cm³/mol. The lowest BCUT2D eigenvalue weighted by molar-refractivity contribution is 0.286. The SMILES string of the molecule is CC(C)C1CCCN(CCSC2CCNCC2)CC1. The number of rotatable bonds is 5. The van der Waals surface area contributed by atoms with E-state index in [9.17, 15) is 0 Å². The van der Waals surface area contributed by atoms with Gasteiger partial charge in [-0.3, -0.25) is 0 Å². The van der Waals surface area contributed by atoms with Crippen molar-refractivity contribution in [3.63, 3.8) is 0 Å². The second kappa shape index (κ2) is 8.53. The quantitative estimate of drug-likeness (QED) is 0.834. The summed E-state index contributed by atoms with van der Waals surface area (Å²) in [6.45, 7) is 11.3. The van der Waals surface area contributed by atoms with Crippen LogP contribution in [-0.2, 0) is 0 Å². The van der Waals surface area contributed by atoms with Crippen molar-refractivity contribution in [1.82, 2.24) is 10.2 Å². The topological polar surface area (TPSA) is 15.3 Å². The molecule has 0 spiro atoms. The van der Waals surface area contributed by atoms with E-state index in [1.165, 1.54) is 70.6 Å². The molecular formula is C16H32N2S. The highest BCUT2D eigenvalue weighted by Gasteiger charge is 2.19. The molecule has 2 nitrogen and oxygen atoms in total. The molecule has 2 saturated heterocycles. The van der Waals surface area contributed by atoms with E-state index in [1.807, 2.05) is 0 Å². The second-order valence-electron chi connectivity index (χ2n) is 6.60. The summed E-state index contributed by atoms with van der Waals surface area (Å²) in [7, 11) is 0. The summed E-state index contributed by atoms with van der Waals surface area (Å²) in [5.41, 5.74) is 0. The molecule has 0 aromatic heterocycles. The van der Waals surface area contributed by atoms with Crippen LogP contribution in [0.1, 0.15) is 46.0 Å². The molecule has 2 aliphatic heterocycles. The van der Waals surface area contributed by atoms with E-state index < -0.39 is 0 Å². The van der Waals surface area contributed by atoms with Crippen LogP contribution in [0.25, 0.3) is 0 Å². The van der Waals surface area contributed by atoms with Gasteiger partial charge in [0.2, 0.25) is 0 Å². The molecule has 2 rings (SSSR count). The Morgan fingerprint density at radius 3 is 2.63 bits per heavy atom. The number of nitrogens with zero attached hydrogens (tertiary/aromatic N) is 1. The Balaban J connectivity index is 1.60. The predicted octanol–water partition coefficient (Wildman–Crippen LogP) is 3.23. The average molecular weight is 285 g/mol. The van der Waals surface area contributed by atoms with E-state index in [1.54, 1.807) is 0 Å². The highest BCUT2D eigenvalue weighted by Crippen LogP contribution is 2.25. The van der Waals surface area contributed by atoms with Gasteiger partial charge in [-0.2, -0.15) is 11.8 Å². The third kappa shape index (κ3) is 5.65. The van der Waals surface area contributed by atoms with E-state index in [4.69, 9.17) is 0 Å². The molecule has 1 unspecified atom stereocenters. The first-order valence-electron chi connectivity index (χ1n) is 8.30. The van der Waals surface area contributed by atoms with Crippen molar-refractivity contribution in [2.45, 2.75) is 51.2 Å². The molecule has 112 valence electrons. The Bertz CT molecular complexity index is 239. The van der Waals surface area contributed by atoms with Crippen molar-refractivity contribution in [3.05, 3.63) is 0 Å². The fourth-order valence-corrected chi connectivity index (χ4v) is 4.65. The van der Waals surface area contributed by atoms with Gasteiger partial charge in [-0.05, 0) is 70.1 Å². The smallest absolute Gasteiger partial charge is 0.00724 e. The van der Waals surface area contributed by atoms with Crippen molar-refractivity contribution in [2.24, 2.45) is 11.8 Å². The normalized spacial score (nSPS) is 27.6. The van der Waals surface area contributed by atoms with Crippen LogP contribution in [0.3, 0.4) is 0 Å². The molecule has 1 atom stereocenters. The van der Waals surface area contributed by atoms with Gasteiger partial charge in [-0.1, -0.05) is 13.8 Å². The zero-order chi connectivity index (χ0) is 13.5. The molecule has 0 bridgehead atoms. The van der Waals surface area contributed by atoms with Crippen LogP contribution >= 0.6 is 11.8 Å². The Morgan fingerprint density at radius 2 is 1.89 bits per heavy atom. The monoisotopic (exact) mass is 284 g/mol. The zero-order valence-electron chi connectivity index (χ0n) is 12.9. The van der Waals surface area contributed by atoms with Crippen LogP contribution < -0.4 is 5.32 Å². The highest BCUT2D eigenvalue weighted by atomic mass is 32.2. The third-order valence-electron chi connectivity index (χ3n) is 4.86. The lowest BCUT2D eigenvalue weighted by atomic mass is 9.89. The Kier molecular flexibility index (Phi) is 7.03. The maximum atomic E-state index is 3.45. The molecule has 0 radical (unpaired) electrons. The second-order valence-corrected chi connectivity index (χ2v) is 8.01. The first-order chi connectivity index (χ1) is 9.25. The molecule has 2 heterocycles. The largest absolute Gasteiger partial charge is 0.317 e. The lowest BCUT2D eigenvalue weighted by Gasteiger charge is -2.24. The van der Waals surface area contributed by atoms with Gasteiger partial charge in [-0.25, -0.2) is 0 Å². The summed E-state index contributed by atoms with van der Waals surface area (Å²) in [4.78, 5) is 2.72. The van der Waals surface area contributed by atoms with Crippen LogP contribution in [0.15, 0.2) is 0 Å². The van der Waals surface area contributed by atoms with Crippen molar-refractivity contribution in [1.29, 1.82) is 0 Å². The maximum absolute atomic E-state index is 3.45. The number of hydrogen-bond donors (Lipinski definition) is 1. The summed E-state index contributed by atoms with van der Waals surface area (Å²) in [5.74, 6) is 3.20. The standard InChI is InChI=1S/C16H32N2S/c1-14(2)15-4-3-10-18(11-7-15)12-13-19-16-5-8-17-9-6-16/h14-17H,3-13H2,1-2H3. The van der Waals surface area contributed by atoms with Crippen molar-refractivity contribution in [3.8, 4) is 0 Å². The van der Waals surface area contributed by atoms with Gasteiger partial charge in [0.1, 0.15) is 0 Å². The van der Waals surface area contributed by atoms with E-state index in [2.05, 4.69) is 35.8 Å². The number of hydrogen-bond acceptors (Lipinski definition) is 3. The van der Waals surface area contributed by atoms with Crippen LogP contribution in [0.2, 0.25) is 0 Å². The number of piperidine rings is 1. The number of likely N-dealkylation sites (tertiary alicyclic amines) is 1. The molecular weight excluding hydrogens is 252 g/mol. The zero-order valence-corrected chi connectivity index (χ0v) is 13.7. The summed E-state index contributed by atoms with van der Waals surface area (Å²) in [6, 6.07) is 0. The minimum absolute atomic E-state index is 0.879. The summed E-state index contributed by atoms with van der Waals surface area (Å²) >= 11 is 2.22. The fraction of sp³-hybridized carbons (Fsp3) is 1.00. The summed E-state index contributed by atoms with van der Waals surface area (Å²) < 4.78 is 0. The minimum atomic E-state index is 0.879. The van der Waals surface area contributed by atoms with E-state index in [0.717, 1.165) is 17.1 Å². The number of nitrogens with one attached hydrogen (secondary N) is 1. The van der Waals surface area contributed by atoms with Crippen LogP contribution in [-0.4, -0.2) is 48.6 Å². The van der Waals surface area contributed by atoms with Crippen LogP contribution in [0.4, 0.5) is 0 Å². The number of thioether (sulfide) groups is 1. The molecule has 1 N–H and O–H groups in total. The molecule has 0 aromatic carbocycles. The summed E-state index contributed by atoms with van der Waals surface area (Å²) in [6.07, 6.45) is 7.05. The van der Waals surface area contributed by atoms with Gasteiger partial charge < -0.3 is 10.2 Å². The van der Waals surface area contributed by atoms with Gasteiger partial charge in [0, 0.05) is 17.5 Å². The van der Waals surface area contributed by atoms with Crippen LogP contribution in [0, 0.1) is 11.8 Å². The molecule has 0 aromatic rings. The molecule has 2 aliphatic rings. The van der Waals surface area contributed by atoms with Crippen molar-refractivity contribution in [2.75, 3.05) is 38.5 Å². The van der Waals surface area contributed by atoms with E-state index >= 15 is 0 Å². The van der Waals surface area contributed by atoms with Gasteiger partial charge >= 0.3 is 0 Å². The van der Waals surface area contributed by atoms with E-state index in [0.29, 0.717) is 0 Å². The van der Waals surface area contributed by atoms with Gasteiger partial charge in [0.25, 0.3) is 0 Å². The Labute approximate surface area is 124 Å². The highest BCUT2D eigenvalue weighted by molar-refractivity contribution is 7.99. The van der Waals surface area contributed by atoms with Gasteiger partial charge in [0.05, 0.1) is 0 Å². The first-order valence-corrected chi connectivity index (χ1v) is 9.35. The fourth-order valence-electron chi connectivity index (χ4n) is 3.38. The van der Waals surface area contributed by atoms with Crippen LogP contribution in [0.5, 0.6) is 0 Å². The molecule has 3 heteroatoms. The molecule has 19 heavy (non-hydrogen) atoms. The van der Waals surface area contributed by atoms with Gasteiger partial charge in [0.15, 0.2) is 0 Å². The Morgan fingerprint density at radius 1 is 1.11 bits per heavy atom. The molecule has 0 saturated carbocycles. The lowest BCUT2D eigenvalue weighted by Crippen LogP contribution is -2.31. The maximum Gasteiger partial charge on any atom is 0.00724 e. The summed E-state index contributed by atoms with van der Waals surface area (Å²) in [5, 5.41) is 4.38. The first kappa shape index (κ1) is 15.7. The molecule has 0 aliphatic carbocycles.